The Hall–Kier alpha value is -0.630. The molecular formula is C11H18O2. The standard InChI is InChI=1S/C11H18O2/c1-8(2)11-7-10(4-5-13-11)6-9(3)12/h6,8,11H,4-5,7H2,1-3H3/b10-6+. The van der Waals surface area contributed by atoms with Gasteiger partial charge in [0.05, 0.1) is 12.7 Å². The maximum absolute atomic E-state index is 10.9. The van der Waals surface area contributed by atoms with Gasteiger partial charge < -0.3 is 4.74 Å². The summed E-state index contributed by atoms with van der Waals surface area (Å²) < 4.78 is 5.60. The third-order valence-electron chi connectivity index (χ3n) is 2.37. The minimum absolute atomic E-state index is 0.152. The lowest BCUT2D eigenvalue weighted by molar-refractivity contribution is -0.112. The molecule has 1 fully saturated rings. The van der Waals surface area contributed by atoms with Gasteiger partial charge in [0.15, 0.2) is 5.78 Å². The molecule has 1 saturated heterocycles. The van der Waals surface area contributed by atoms with Crippen LogP contribution in [0.15, 0.2) is 11.6 Å². The van der Waals surface area contributed by atoms with Crippen molar-refractivity contribution in [2.24, 2.45) is 5.92 Å². The third-order valence-corrected chi connectivity index (χ3v) is 2.37. The van der Waals surface area contributed by atoms with Gasteiger partial charge in [-0.3, -0.25) is 4.79 Å². The van der Waals surface area contributed by atoms with Gasteiger partial charge in [-0.1, -0.05) is 19.4 Å². The van der Waals surface area contributed by atoms with Crippen molar-refractivity contribution in [2.75, 3.05) is 6.61 Å². The molecule has 2 heteroatoms. The first-order valence-corrected chi connectivity index (χ1v) is 4.91. The van der Waals surface area contributed by atoms with Gasteiger partial charge in [-0.2, -0.15) is 0 Å². The maximum atomic E-state index is 10.9. The quantitative estimate of drug-likeness (QED) is 0.613. The molecule has 0 aromatic rings. The number of rotatable bonds is 2. The zero-order valence-corrected chi connectivity index (χ0v) is 8.67. The van der Waals surface area contributed by atoms with E-state index in [0.717, 1.165) is 19.4 Å². The number of hydrogen-bond donors (Lipinski definition) is 0. The predicted octanol–water partition coefficient (Wildman–Crippen LogP) is 2.34. The summed E-state index contributed by atoms with van der Waals surface area (Å²) in [6, 6.07) is 0. The number of hydrogen-bond acceptors (Lipinski definition) is 2. The minimum Gasteiger partial charge on any atom is -0.377 e. The molecule has 0 aliphatic carbocycles. The Bertz CT molecular complexity index is 216. The second kappa shape index (κ2) is 4.56. The molecular weight excluding hydrogens is 164 g/mol. The van der Waals surface area contributed by atoms with Crippen molar-refractivity contribution >= 4 is 5.78 Å². The topological polar surface area (TPSA) is 26.3 Å². The summed E-state index contributed by atoms with van der Waals surface area (Å²) in [5, 5.41) is 0. The summed E-state index contributed by atoms with van der Waals surface area (Å²) in [7, 11) is 0. The van der Waals surface area contributed by atoms with Gasteiger partial charge in [-0.15, -0.1) is 0 Å². The number of carbonyl (C=O) groups is 1. The van der Waals surface area contributed by atoms with Crippen molar-refractivity contribution in [3.8, 4) is 0 Å². The van der Waals surface area contributed by atoms with Crippen LogP contribution in [0.4, 0.5) is 0 Å². The molecule has 1 heterocycles. The zero-order chi connectivity index (χ0) is 9.84. The highest BCUT2D eigenvalue weighted by Gasteiger charge is 2.20. The minimum atomic E-state index is 0.152. The molecule has 2 nitrogen and oxygen atoms in total. The SMILES string of the molecule is CC(=O)/C=C1\CCOC(C(C)C)C1. The van der Waals surface area contributed by atoms with Crippen molar-refractivity contribution < 1.29 is 9.53 Å². The summed E-state index contributed by atoms with van der Waals surface area (Å²) in [6.45, 7) is 6.68. The fourth-order valence-corrected chi connectivity index (χ4v) is 1.61. The first-order valence-electron chi connectivity index (χ1n) is 4.91. The Labute approximate surface area is 80.0 Å². The lowest BCUT2D eigenvalue weighted by Gasteiger charge is -2.27. The monoisotopic (exact) mass is 182 g/mol. The van der Waals surface area contributed by atoms with Crippen LogP contribution in [0.3, 0.4) is 0 Å². The summed E-state index contributed by atoms with van der Waals surface area (Å²) in [4.78, 5) is 10.9. The average molecular weight is 182 g/mol. The fraction of sp³-hybridized carbons (Fsp3) is 0.727. The molecule has 0 bridgehead atoms. The van der Waals surface area contributed by atoms with Gasteiger partial charge in [-0.25, -0.2) is 0 Å². The van der Waals surface area contributed by atoms with Crippen LogP contribution in [0.25, 0.3) is 0 Å². The zero-order valence-electron chi connectivity index (χ0n) is 8.67. The lowest BCUT2D eigenvalue weighted by atomic mass is 9.94. The van der Waals surface area contributed by atoms with Crippen molar-refractivity contribution in [3.63, 3.8) is 0 Å². The summed E-state index contributed by atoms with van der Waals surface area (Å²) in [6.07, 6.45) is 3.91. The molecule has 1 aliphatic heterocycles. The molecule has 1 rings (SSSR count). The maximum Gasteiger partial charge on any atom is 0.152 e. The molecule has 0 amide bonds. The molecule has 0 spiro atoms. The van der Waals surface area contributed by atoms with Crippen molar-refractivity contribution in [3.05, 3.63) is 11.6 Å². The van der Waals surface area contributed by atoms with Gasteiger partial charge in [-0.05, 0) is 31.8 Å². The van der Waals surface area contributed by atoms with Gasteiger partial charge >= 0.3 is 0 Å². The highest BCUT2D eigenvalue weighted by molar-refractivity contribution is 5.87. The van der Waals surface area contributed by atoms with E-state index < -0.39 is 0 Å². The van der Waals surface area contributed by atoms with Crippen LogP contribution in [-0.4, -0.2) is 18.5 Å². The average Bonchev–Trinajstić information content (AvgIpc) is 2.03. The van der Waals surface area contributed by atoms with E-state index in [1.165, 1.54) is 5.57 Å². The molecule has 74 valence electrons. The van der Waals surface area contributed by atoms with E-state index in [0.29, 0.717) is 12.0 Å². The first-order chi connectivity index (χ1) is 6.09. The number of ketones is 1. The van der Waals surface area contributed by atoms with Crippen molar-refractivity contribution in [2.45, 2.75) is 39.7 Å². The van der Waals surface area contributed by atoms with Gasteiger partial charge in [0, 0.05) is 0 Å². The molecule has 1 atom stereocenters. The Morgan fingerprint density at radius 3 is 2.85 bits per heavy atom. The normalized spacial score (nSPS) is 26.8. The van der Waals surface area contributed by atoms with Crippen LogP contribution >= 0.6 is 0 Å². The number of ether oxygens (including phenoxy) is 1. The van der Waals surface area contributed by atoms with E-state index in [1.54, 1.807) is 13.0 Å². The Kier molecular flexibility index (Phi) is 3.67. The van der Waals surface area contributed by atoms with Crippen LogP contribution in [0.1, 0.15) is 33.6 Å². The van der Waals surface area contributed by atoms with E-state index in [9.17, 15) is 4.79 Å². The van der Waals surface area contributed by atoms with E-state index >= 15 is 0 Å². The van der Waals surface area contributed by atoms with Gasteiger partial charge in [0.1, 0.15) is 0 Å². The van der Waals surface area contributed by atoms with Crippen LogP contribution in [0.2, 0.25) is 0 Å². The second-order valence-electron chi connectivity index (χ2n) is 4.02. The second-order valence-corrected chi connectivity index (χ2v) is 4.02. The molecule has 0 N–H and O–H groups in total. The molecule has 1 aliphatic rings. The largest absolute Gasteiger partial charge is 0.377 e. The third kappa shape index (κ3) is 3.31. The van der Waals surface area contributed by atoms with Crippen LogP contribution in [-0.2, 0) is 9.53 Å². The van der Waals surface area contributed by atoms with Gasteiger partial charge in [0.2, 0.25) is 0 Å². The Balaban J connectivity index is 2.56. The molecule has 0 saturated carbocycles. The predicted molar refractivity (Wildman–Crippen MR) is 52.6 cm³/mol. The Morgan fingerprint density at radius 1 is 1.62 bits per heavy atom. The van der Waals surface area contributed by atoms with Crippen LogP contribution < -0.4 is 0 Å². The number of carbonyl (C=O) groups excluding carboxylic acids is 1. The fourth-order valence-electron chi connectivity index (χ4n) is 1.61. The Morgan fingerprint density at radius 2 is 2.31 bits per heavy atom. The summed E-state index contributed by atoms with van der Waals surface area (Å²) in [5.41, 5.74) is 1.25. The van der Waals surface area contributed by atoms with E-state index in [1.807, 2.05) is 0 Å². The molecule has 13 heavy (non-hydrogen) atoms. The van der Waals surface area contributed by atoms with Crippen LogP contribution in [0, 0.1) is 5.92 Å². The van der Waals surface area contributed by atoms with Crippen LogP contribution in [0.5, 0.6) is 0 Å². The highest BCUT2D eigenvalue weighted by atomic mass is 16.5. The first kappa shape index (κ1) is 10.5. The smallest absolute Gasteiger partial charge is 0.152 e. The molecule has 0 radical (unpaired) electrons. The molecule has 0 aromatic heterocycles. The summed E-state index contributed by atoms with van der Waals surface area (Å²) in [5.74, 6) is 0.690. The van der Waals surface area contributed by atoms with E-state index in [-0.39, 0.29) is 5.78 Å². The van der Waals surface area contributed by atoms with Crippen molar-refractivity contribution in [1.82, 2.24) is 0 Å². The summed E-state index contributed by atoms with van der Waals surface area (Å²) >= 11 is 0. The molecule has 0 aromatic carbocycles. The van der Waals surface area contributed by atoms with Crippen molar-refractivity contribution in [1.29, 1.82) is 0 Å². The number of allylic oxidation sites excluding steroid dienone is 1. The molecule has 1 unspecified atom stereocenters. The van der Waals surface area contributed by atoms with E-state index in [2.05, 4.69) is 13.8 Å². The van der Waals surface area contributed by atoms with Gasteiger partial charge in [0.25, 0.3) is 0 Å². The van der Waals surface area contributed by atoms with E-state index in [4.69, 9.17) is 4.74 Å². The highest BCUT2D eigenvalue weighted by Crippen LogP contribution is 2.23. The lowest BCUT2D eigenvalue weighted by Crippen LogP contribution is -2.25.